The maximum absolute atomic E-state index is 14.3. The number of methoxy groups -OCH3 is 1. The lowest BCUT2D eigenvalue weighted by Crippen LogP contribution is -2.22. The van der Waals surface area contributed by atoms with Crippen molar-refractivity contribution in [3.63, 3.8) is 0 Å². The van der Waals surface area contributed by atoms with Gasteiger partial charge in [-0.1, -0.05) is 12.1 Å². The summed E-state index contributed by atoms with van der Waals surface area (Å²) < 4.78 is 42.4. The molecule has 0 aromatic heterocycles. The number of sulfonamides is 1. The molecule has 1 aliphatic rings. The van der Waals surface area contributed by atoms with Crippen molar-refractivity contribution in [3.8, 4) is 5.75 Å². The van der Waals surface area contributed by atoms with Crippen LogP contribution in [-0.2, 0) is 19.7 Å². The summed E-state index contributed by atoms with van der Waals surface area (Å²) in [5, 5.41) is 18.6. The fourth-order valence-corrected chi connectivity index (χ4v) is 3.81. The Morgan fingerprint density at radius 1 is 1.26 bits per heavy atom. The topological polar surface area (TPSA) is 131 Å². The minimum atomic E-state index is -3.89. The fraction of sp³-hybridized carbons (Fsp3) is 0.250. The first kappa shape index (κ1) is 22.7. The zero-order valence-electron chi connectivity index (χ0n) is 16.8. The molecular weight excluding hydrogens is 429 g/mol. The summed E-state index contributed by atoms with van der Waals surface area (Å²) in [6.45, 7) is 0. The SMILES string of the molecule is CNC(=O)CCC1ON(O)C(c2ccc(OC)c(F)c2)=C1c1ccc(S(N)(=O)=O)cc1. The molecule has 1 unspecified atom stereocenters. The van der Waals surface area contributed by atoms with E-state index in [2.05, 4.69) is 5.32 Å². The second-order valence-corrected chi connectivity index (χ2v) is 8.32. The van der Waals surface area contributed by atoms with Gasteiger partial charge in [-0.05, 0) is 42.3 Å². The Morgan fingerprint density at radius 3 is 2.45 bits per heavy atom. The zero-order chi connectivity index (χ0) is 22.8. The Labute approximate surface area is 178 Å². The Bertz CT molecular complexity index is 1120. The smallest absolute Gasteiger partial charge is 0.238 e. The minimum absolute atomic E-state index is 0.0305. The second kappa shape index (κ2) is 9.02. The lowest BCUT2D eigenvalue weighted by Gasteiger charge is -2.14. The number of nitrogens with two attached hydrogens (primary N) is 1. The first-order valence-electron chi connectivity index (χ1n) is 9.23. The van der Waals surface area contributed by atoms with Crippen LogP contribution in [0.5, 0.6) is 5.75 Å². The van der Waals surface area contributed by atoms with Crippen molar-refractivity contribution < 1.29 is 32.4 Å². The summed E-state index contributed by atoms with van der Waals surface area (Å²) in [5.41, 5.74) is 1.43. The van der Waals surface area contributed by atoms with Crippen molar-refractivity contribution in [1.82, 2.24) is 10.5 Å². The van der Waals surface area contributed by atoms with Crippen molar-refractivity contribution in [1.29, 1.82) is 0 Å². The van der Waals surface area contributed by atoms with Gasteiger partial charge in [0, 0.05) is 24.6 Å². The van der Waals surface area contributed by atoms with Gasteiger partial charge >= 0.3 is 0 Å². The Hall–Kier alpha value is -2.99. The average molecular weight is 451 g/mol. The van der Waals surface area contributed by atoms with E-state index in [-0.39, 0.29) is 35.1 Å². The van der Waals surface area contributed by atoms with E-state index < -0.39 is 21.9 Å². The van der Waals surface area contributed by atoms with E-state index in [1.807, 2.05) is 0 Å². The monoisotopic (exact) mass is 451 g/mol. The minimum Gasteiger partial charge on any atom is -0.494 e. The van der Waals surface area contributed by atoms with E-state index in [1.165, 1.54) is 50.6 Å². The molecule has 1 aliphatic heterocycles. The summed E-state index contributed by atoms with van der Waals surface area (Å²) in [6, 6.07) is 9.78. The van der Waals surface area contributed by atoms with Crippen molar-refractivity contribution >= 4 is 27.2 Å². The number of rotatable bonds is 7. The van der Waals surface area contributed by atoms with Crippen molar-refractivity contribution in [2.45, 2.75) is 23.8 Å². The van der Waals surface area contributed by atoms with Crippen molar-refractivity contribution in [3.05, 3.63) is 59.4 Å². The molecule has 0 radical (unpaired) electrons. The van der Waals surface area contributed by atoms with Gasteiger partial charge in [0.25, 0.3) is 0 Å². The van der Waals surface area contributed by atoms with E-state index in [1.54, 1.807) is 6.07 Å². The number of carbonyl (C=O) groups excluding carboxylic acids is 1. The number of nitrogens with zero attached hydrogens (tertiary/aromatic N) is 1. The van der Waals surface area contributed by atoms with Crippen LogP contribution in [0.1, 0.15) is 24.0 Å². The Morgan fingerprint density at radius 2 is 1.90 bits per heavy atom. The maximum atomic E-state index is 14.3. The highest BCUT2D eigenvalue weighted by Crippen LogP contribution is 2.41. The third-order valence-electron chi connectivity index (χ3n) is 4.83. The molecule has 1 amide bonds. The number of hydrogen-bond donors (Lipinski definition) is 3. The van der Waals surface area contributed by atoms with Gasteiger partial charge in [-0.25, -0.2) is 22.8 Å². The number of hydroxylamine groups is 2. The quantitative estimate of drug-likeness (QED) is 0.586. The van der Waals surface area contributed by atoms with E-state index in [4.69, 9.17) is 14.7 Å². The predicted octanol–water partition coefficient (Wildman–Crippen LogP) is 1.88. The molecule has 0 saturated heterocycles. The predicted molar refractivity (Wildman–Crippen MR) is 109 cm³/mol. The van der Waals surface area contributed by atoms with Gasteiger partial charge in [-0.3, -0.25) is 10.0 Å². The van der Waals surface area contributed by atoms with Crippen molar-refractivity contribution in [2.24, 2.45) is 5.14 Å². The molecule has 11 heteroatoms. The van der Waals surface area contributed by atoms with Gasteiger partial charge in [0.1, 0.15) is 11.8 Å². The summed E-state index contributed by atoms with van der Waals surface area (Å²) >= 11 is 0. The number of ether oxygens (including phenoxy) is 1. The molecule has 1 atom stereocenters. The van der Waals surface area contributed by atoms with Gasteiger partial charge in [-0.2, -0.15) is 0 Å². The molecule has 1 heterocycles. The summed E-state index contributed by atoms with van der Waals surface area (Å²) in [4.78, 5) is 17.1. The molecule has 0 spiro atoms. The van der Waals surface area contributed by atoms with Crippen LogP contribution >= 0.6 is 0 Å². The molecule has 0 aliphatic carbocycles. The summed E-state index contributed by atoms with van der Waals surface area (Å²) in [6.07, 6.45) is -0.425. The number of amides is 1. The normalized spacial score (nSPS) is 16.5. The molecule has 4 N–H and O–H groups in total. The number of hydrogen-bond acceptors (Lipinski definition) is 7. The molecule has 3 rings (SSSR count). The lowest BCUT2D eigenvalue weighted by molar-refractivity contribution is -0.297. The molecule has 9 nitrogen and oxygen atoms in total. The largest absolute Gasteiger partial charge is 0.494 e. The van der Waals surface area contributed by atoms with Gasteiger partial charge < -0.3 is 10.1 Å². The van der Waals surface area contributed by atoms with Crippen molar-refractivity contribution in [2.75, 3.05) is 14.2 Å². The lowest BCUT2D eigenvalue weighted by atomic mass is 9.93. The summed E-state index contributed by atoms with van der Waals surface area (Å²) in [7, 11) is -1.06. The number of nitrogens with one attached hydrogen (secondary N) is 1. The number of halogens is 1. The average Bonchev–Trinajstić information content (AvgIpc) is 3.07. The van der Waals surface area contributed by atoms with E-state index in [9.17, 15) is 22.8 Å². The van der Waals surface area contributed by atoms with Crippen LogP contribution < -0.4 is 15.2 Å². The van der Waals surface area contributed by atoms with Crippen LogP contribution in [0.15, 0.2) is 47.4 Å². The van der Waals surface area contributed by atoms with Gasteiger partial charge in [0.2, 0.25) is 15.9 Å². The maximum Gasteiger partial charge on any atom is 0.238 e. The molecule has 2 aromatic carbocycles. The van der Waals surface area contributed by atoms with E-state index in [0.29, 0.717) is 21.9 Å². The molecule has 31 heavy (non-hydrogen) atoms. The highest BCUT2D eigenvalue weighted by atomic mass is 32.2. The van der Waals surface area contributed by atoms with E-state index >= 15 is 0 Å². The standard InChI is InChI=1S/C20H22FN3O6S/c1-23-18(25)10-9-17-19(12-3-6-14(7-4-12)31(22,27)28)20(24(26)30-17)13-5-8-16(29-2)15(21)11-13/h3-8,11,17,26H,9-10H2,1-2H3,(H,23,25)(H2,22,27,28). The first-order valence-corrected chi connectivity index (χ1v) is 10.8. The molecule has 0 saturated carbocycles. The van der Waals surface area contributed by atoms with Gasteiger partial charge in [-0.15, -0.1) is 5.23 Å². The number of benzene rings is 2. The Kier molecular flexibility index (Phi) is 6.60. The molecule has 2 aromatic rings. The number of primary sulfonamides is 1. The summed E-state index contributed by atoms with van der Waals surface area (Å²) in [5.74, 6) is -0.831. The van der Waals surface area contributed by atoms with Crippen LogP contribution in [-0.4, -0.2) is 45.0 Å². The molecule has 166 valence electrons. The Balaban J connectivity index is 2.12. The first-order chi connectivity index (χ1) is 14.7. The number of carbonyl (C=O) groups is 1. The third-order valence-corrected chi connectivity index (χ3v) is 5.76. The van der Waals surface area contributed by atoms with Crippen LogP contribution in [0.25, 0.3) is 11.3 Å². The van der Waals surface area contributed by atoms with Gasteiger partial charge in [0.15, 0.2) is 11.6 Å². The van der Waals surface area contributed by atoms with E-state index in [0.717, 1.165) is 0 Å². The fourth-order valence-electron chi connectivity index (χ4n) is 3.29. The molecular formula is C20H22FN3O6S. The third kappa shape index (κ3) is 4.85. The van der Waals surface area contributed by atoms with Crippen LogP contribution in [0, 0.1) is 5.82 Å². The van der Waals surface area contributed by atoms with Gasteiger partial charge in [0.05, 0.1) is 12.0 Å². The highest BCUT2D eigenvalue weighted by molar-refractivity contribution is 7.89. The van der Waals surface area contributed by atoms with Crippen LogP contribution in [0.3, 0.4) is 0 Å². The van der Waals surface area contributed by atoms with Crippen LogP contribution in [0.4, 0.5) is 4.39 Å². The zero-order valence-corrected chi connectivity index (χ0v) is 17.6. The van der Waals surface area contributed by atoms with Crippen LogP contribution in [0.2, 0.25) is 0 Å². The highest BCUT2D eigenvalue weighted by Gasteiger charge is 2.35. The molecule has 0 bridgehead atoms. The second-order valence-electron chi connectivity index (χ2n) is 6.76. The molecule has 0 fully saturated rings.